The number of hydrogen-bond acceptors (Lipinski definition) is 18. The monoisotopic (exact) mass is 1010 g/mol. The molecule has 0 saturated carbocycles. The summed E-state index contributed by atoms with van der Waals surface area (Å²) in [5, 5.41) is 37.0. The summed E-state index contributed by atoms with van der Waals surface area (Å²) in [6.45, 7) is 8.44. The Morgan fingerprint density at radius 1 is 0.789 bits per heavy atom. The maximum atomic E-state index is 13.3. The second-order valence-electron chi connectivity index (χ2n) is 18.1. The summed E-state index contributed by atoms with van der Waals surface area (Å²) in [6, 6.07) is 6.46. The molecule has 1 aliphatic heterocycles. The van der Waals surface area contributed by atoms with E-state index in [9.17, 15) is 44.1 Å². The van der Waals surface area contributed by atoms with E-state index in [1.165, 1.54) is 43.2 Å². The minimum Gasteiger partial charge on any atom is -0.480 e. The Hall–Kier alpha value is -6.05. The van der Waals surface area contributed by atoms with Crippen LogP contribution in [0.3, 0.4) is 0 Å². The maximum Gasteiger partial charge on any atom is 0.317 e. The SMILES string of the molecule is COc1nc(SCCCNC(=O)[C@H](N)CCCNC(=O)CN2CCN(CC(=O)O)CCN(CC(=O)O)CCN(CC(=O)O)CC2)nc(OC)c1NC(=O)c1ccc(Oc2cc3c(cc2C)CCC3(C)C)o1. The van der Waals surface area contributed by atoms with E-state index in [0.29, 0.717) is 55.6 Å². The number of carbonyl (C=O) groups excluding carboxylic acids is 3. The Bertz CT molecular complexity index is 2270. The van der Waals surface area contributed by atoms with Gasteiger partial charge in [-0.2, -0.15) is 9.97 Å². The number of aromatic nitrogens is 2. The number of furan rings is 1. The number of benzene rings is 1. The molecule has 8 N–H and O–H groups in total. The largest absolute Gasteiger partial charge is 0.480 e. The number of thioether (sulfide) groups is 1. The van der Waals surface area contributed by atoms with E-state index >= 15 is 0 Å². The molecular weight excluding hydrogens is 945 g/mol. The van der Waals surface area contributed by atoms with E-state index in [0.717, 1.165) is 18.4 Å². The Morgan fingerprint density at radius 2 is 1.32 bits per heavy atom. The highest BCUT2D eigenvalue weighted by Crippen LogP contribution is 2.42. The van der Waals surface area contributed by atoms with Crippen LogP contribution in [0.25, 0.3) is 0 Å². The Labute approximate surface area is 417 Å². The average Bonchev–Trinajstić information content (AvgIpc) is 3.90. The Balaban J connectivity index is 1.02. The van der Waals surface area contributed by atoms with Crippen LogP contribution < -0.4 is 35.9 Å². The average molecular weight is 1010 g/mol. The van der Waals surface area contributed by atoms with Crippen molar-refractivity contribution in [3.05, 3.63) is 46.7 Å². The highest BCUT2D eigenvalue weighted by atomic mass is 32.2. The maximum absolute atomic E-state index is 13.3. The van der Waals surface area contributed by atoms with E-state index in [2.05, 4.69) is 51.9 Å². The van der Waals surface area contributed by atoms with Crippen molar-refractivity contribution in [1.82, 2.24) is 40.2 Å². The molecule has 0 bridgehead atoms. The Morgan fingerprint density at radius 3 is 1.86 bits per heavy atom. The fraction of sp³-hybridized carbons (Fsp3) is 0.574. The number of carboxylic acids is 3. The van der Waals surface area contributed by atoms with Crippen molar-refractivity contribution >= 4 is 53.1 Å². The van der Waals surface area contributed by atoms with Crippen LogP contribution in [0.5, 0.6) is 23.5 Å². The summed E-state index contributed by atoms with van der Waals surface area (Å²) in [5.41, 5.74) is 9.84. The van der Waals surface area contributed by atoms with Crippen molar-refractivity contribution in [2.75, 3.05) is 117 Å². The van der Waals surface area contributed by atoms with Gasteiger partial charge in [0.15, 0.2) is 16.6 Å². The second-order valence-corrected chi connectivity index (χ2v) is 19.2. The number of fused-ring (bicyclic) bond motifs is 1. The number of nitrogens with zero attached hydrogens (tertiary/aromatic N) is 6. The van der Waals surface area contributed by atoms with Crippen LogP contribution in [-0.4, -0.2) is 198 Å². The van der Waals surface area contributed by atoms with Crippen LogP contribution in [-0.2, 0) is 35.8 Å². The van der Waals surface area contributed by atoms with Crippen LogP contribution in [0.2, 0.25) is 0 Å². The van der Waals surface area contributed by atoms with Crippen molar-refractivity contribution in [2.24, 2.45) is 5.73 Å². The first-order valence-electron chi connectivity index (χ1n) is 23.5. The van der Waals surface area contributed by atoms with Gasteiger partial charge in [-0.15, -0.1) is 0 Å². The van der Waals surface area contributed by atoms with Gasteiger partial charge in [0.25, 0.3) is 11.9 Å². The standard InChI is InChI=1S/C47H68N10O13S/c1-30-24-31-11-12-47(2,3)32(31)25-35(30)70-40-10-9-34(69-40)43(66)51-41-44(67-4)52-46(53-45(41)68-5)71-23-7-14-50-42(65)33(48)8-6-13-49-36(58)26-54-15-17-55(27-37(59)60)19-21-57(29-39(63)64)22-20-56(18-16-54)28-38(61)62/h9-10,24-25,33H,6-8,11-23,26-29,48H2,1-5H3,(H,49,58)(H,50,65)(H,51,66)(H,59,60)(H,61,62)(H,63,64)/t33-/m1/s1. The molecule has 3 aromatic rings. The lowest BCUT2D eigenvalue weighted by atomic mass is 9.86. The molecule has 3 heterocycles. The lowest BCUT2D eigenvalue weighted by Crippen LogP contribution is -2.49. The van der Waals surface area contributed by atoms with Crippen molar-refractivity contribution in [1.29, 1.82) is 0 Å². The Kier molecular flexibility index (Phi) is 21.2. The first kappa shape index (κ1) is 55.9. The smallest absolute Gasteiger partial charge is 0.317 e. The van der Waals surface area contributed by atoms with Crippen LogP contribution >= 0.6 is 11.8 Å². The quantitative estimate of drug-likeness (QED) is 0.0383. The van der Waals surface area contributed by atoms with E-state index < -0.39 is 29.9 Å². The zero-order valence-electron chi connectivity index (χ0n) is 41.1. The van der Waals surface area contributed by atoms with Crippen molar-refractivity contribution < 1.29 is 62.7 Å². The highest BCUT2D eigenvalue weighted by molar-refractivity contribution is 7.99. The minimum atomic E-state index is -1.04. The molecular formula is C47H68N10O13S. The predicted octanol–water partition coefficient (Wildman–Crippen LogP) is 1.96. The van der Waals surface area contributed by atoms with Crippen LogP contribution in [0.1, 0.15) is 66.8 Å². The van der Waals surface area contributed by atoms with Gasteiger partial charge in [-0.25, -0.2) is 0 Å². The number of nitrogens with two attached hydrogens (primary N) is 1. The fourth-order valence-electron chi connectivity index (χ4n) is 8.23. The molecule has 3 amide bonds. The number of hydrogen-bond donors (Lipinski definition) is 7. The molecule has 0 spiro atoms. The summed E-state index contributed by atoms with van der Waals surface area (Å²) >= 11 is 1.29. The van der Waals surface area contributed by atoms with E-state index in [4.69, 9.17) is 24.4 Å². The molecule has 0 unspecified atom stereocenters. The van der Waals surface area contributed by atoms with Crippen molar-refractivity contribution in [3.63, 3.8) is 0 Å². The minimum absolute atomic E-state index is 0.0110. The molecule has 1 aromatic carbocycles. The molecule has 2 aliphatic rings. The molecule has 5 rings (SSSR count). The topological polar surface area (TPSA) is 305 Å². The summed E-state index contributed by atoms with van der Waals surface area (Å²) in [5.74, 6) is -2.91. The van der Waals surface area contributed by atoms with E-state index in [1.807, 2.05) is 11.8 Å². The molecule has 0 radical (unpaired) electrons. The molecule has 24 heteroatoms. The van der Waals surface area contributed by atoms with Gasteiger partial charge in [-0.3, -0.25) is 48.4 Å². The first-order valence-corrected chi connectivity index (χ1v) is 24.5. The molecule has 1 saturated heterocycles. The summed E-state index contributed by atoms with van der Waals surface area (Å²) in [4.78, 5) is 89.4. The molecule has 2 aromatic heterocycles. The van der Waals surface area contributed by atoms with Crippen LogP contribution in [0, 0.1) is 6.92 Å². The number of aliphatic carboxylic acids is 3. The number of rotatable bonds is 24. The summed E-state index contributed by atoms with van der Waals surface area (Å²) in [6.07, 6.45) is 3.35. The number of carboxylic acid groups (broad SMARTS) is 3. The molecule has 71 heavy (non-hydrogen) atoms. The van der Waals surface area contributed by atoms with Gasteiger partial charge in [-0.1, -0.05) is 31.7 Å². The number of amides is 3. The number of aryl methyl sites for hydroxylation is 2. The lowest BCUT2D eigenvalue weighted by molar-refractivity contribution is -0.140. The number of methoxy groups -OCH3 is 2. The zero-order valence-corrected chi connectivity index (χ0v) is 41.9. The number of carbonyl (C=O) groups is 6. The van der Waals surface area contributed by atoms with Gasteiger partial charge < -0.3 is 55.6 Å². The molecule has 1 aliphatic carbocycles. The van der Waals surface area contributed by atoms with Gasteiger partial charge >= 0.3 is 17.9 Å². The third-order valence-corrected chi connectivity index (χ3v) is 13.1. The summed E-state index contributed by atoms with van der Waals surface area (Å²) in [7, 11) is 2.81. The fourth-order valence-corrected chi connectivity index (χ4v) is 9.00. The highest BCUT2D eigenvalue weighted by Gasteiger charge is 2.31. The van der Waals surface area contributed by atoms with Gasteiger partial charge in [-0.05, 0) is 73.3 Å². The van der Waals surface area contributed by atoms with Gasteiger partial charge in [0, 0.05) is 77.3 Å². The predicted molar refractivity (Wildman–Crippen MR) is 262 cm³/mol. The molecule has 1 atom stereocenters. The van der Waals surface area contributed by atoms with E-state index in [-0.39, 0.29) is 118 Å². The number of anilines is 1. The molecule has 23 nitrogen and oxygen atoms in total. The molecule has 390 valence electrons. The lowest BCUT2D eigenvalue weighted by Gasteiger charge is -2.32. The third-order valence-electron chi connectivity index (χ3n) is 12.2. The number of nitrogens with one attached hydrogen (secondary N) is 3. The molecule has 1 fully saturated rings. The van der Waals surface area contributed by atoms with Crippen LogP contribution in [0.4, 0.5) is 5.69 Å². The second kappa shape index (κ2) is 27.0. The normalized spacial score (nSPS) is 16.4. The van der Waals surface area contributed by atoms with Gasteiger partial charge in [0.2, 0.25) is 23.6 Å². The first-order chi connectivity index (χ1) is 33.8. The van der Waals surface area contributed by atoms with Crippen LogP contribution in [0.15, 0.2) is 33.8 Å². The van der Waals surface area contributed by atoms with Gasteiger partial charge in [0.05, 0.1) is 46.4 Å². The van der Waals surface area contributed by atoms with Gasteiger partial charge in [0.1, 0.15) is 5.75 Å². The number of ether oxygens (including phenoxy) is 3. The zero-order chi connectivity index (χ0) is 51.7. The summed E-state index contributed by atoms with van der Waals surface area (Å²) < 4.78 is 22.8. The van der Waals surface area contributed by atoms with Crippen molar-refractivity contribution in [2.45, 2.75) is 69.5 Å². The van der Waals surface area contributed by atoms with Crippen molar-refractivity contribution in [3.8, 4) is 23.5 Å². The third kappa shape index (κ3) is 17.6. The van der Waals surface area contributed by atoms with E-state index in [1.54, 1.807) is 20.8 Å².